The van der Waals surface area contributed by atoms with Crippen molar-refractivity contribution in [3.63, 3.8) is 0 Å². The van der Waals surface area contributed by atoms with Crippen LogP contribution in [0.1, 0.15) is 42.2 Å². The number of aromatic nitrogens is 1. The zero-order chi connectivity index (χ0) is 12.7. The standard InChI is InChI=1S/C13H21N3O/c1-3-4-5-8-16(2)13(17)12-7-6-11(9-14)10-15-12/h6-7,10H,3-5,8-9,14H2,1-2H3. The Hall–Kier alpha value is -1.42. The van der Waals surface area contributed by atoms with E-state index in [0.29, 0.717) is 12.2 Å². The maximum Gasteiger partial charge on any atom is 0.272 e. The van der Waals surface area contributed by atoms with Crippen LogP contribution in [0.3, 0.4) is 0 Å². The minimum atomic E-state index is -0.0234. The molecule has 0 unspecified atom stereocenters. The fraction of sp³-hybridized carbons (Fsp3) is 0.538. The van der Waals surface area contributed by atoms with E-state index < -0.39 is 0 Å². The third-order valence-electron chi connectivity index (χ3n) is 2.72. The van der Waals surface area contributed by atoms with Gasteiger partial charge in [0.05, 0.1) is 0 Å². The first-order chi connectivity index (χ1) is 8.19. The predicted molar refractivity (Wildman–Crippen MR) is 68.6 cm³/mol. The quantitative estimate of drug-likeness (QED) is 0.765. The molecule has 0 aliphatic rings. The van der Waals surface area contributed by atoms with Gasteiger partial charge < -0.3 is 10.6 Å². The zero-order valence-corrected chi connectivity index (χ0v) is 10.6. The van der Waals surface area contributed by atoms with E-state index in [1.165, 1.54) is 0 Å². The summed E-state index contributed by atoms with van der Waals surface area (Å²) in [6.07, 6.45) is 5.01. The van der Waals surface area contributed by atoms with Crippen LogP contribution < -0.4 is 5.73 Å². The highest BCUT2D eigenvalue weighted by atomic mass is 16.2. The van der Waals surface area contributed by atoms with Gasteiger partial charge in [0.25, 0.3) is 5.91 Å². The number of nitrogens with zero attached hydrogens (tertiary/aromatic N) is 2. The Kier molecular flexibility index (Phi) is 5.63. The molecule has 17 heavy (non-hydrogen) atoms. The summed E-state index contributed by atoms with van der Waals surface area (Å²) in [7, 11) is 1.82. The van der Waals surface area contributed by atoms with Crippen molar-refractivity contribution in [1.82, 2.24) is 9.88 Å². The summed E-state index contributed by atoms with van der Waals surface area (Å²) >= 11 is 0. The van der Waals surface area contributed by atoms with E-state index >= 15 is 0 Å². The maximum absolute atomic E-state index is 12.0. The number of carbonyl (C=O) groups is 1. The Morgan fingerprint density at radius 3 is 2.71 bits per heavy atom. The molecular formula is C13H21N3O. The second-order valence-electron chi connectivity index (χ2n) is 4.19. The SMILES string of the molecule is CCCCCN(C)C(=O)c1ccc(CN)cn1. The molecule has 1 amide bonds. The first-order valence-electron chi connectivity index (χ1n) is 6.09. The fourth-order valence-corrected chi connectivity index (χ4v) is 1.57. The fourth-order valence-electron chi connectivity index (χ4n) is 1.57. The van der Waals surface area contributed by atoms with E-state index in [9.17, 15) is 4.79 Å². The van der Waals surface area contributed by atoms with E-state index in [2.05, 4.69) is 11.9 Å². The van der Waals surface area contributed by atoms with Crippen LogP contribution in [-0.4, -0.2) is 29.4 Å². The minimum Gasteiger partial charge on any atom is -0.340 e. The molecule has 0 saturated carbocycles. The average molecular weight is 235 g/mol. The number of carbonyl (C=O) groups excluding carboxylic acids is 1. The summed E-state index contributed by atoms with van der Waals surface area (Å²) in [5.74, 6) is -0.0234. The molecule has 0 atom stereocenters. The summed E-state index contributed by atoms with van der Waals surface area (Å²) in [6.45, 7) is 3.38. The lowest BCUT2D eigenvalue weighted by Crippen LogP contribution is -2.28. The minimum absolute atomic E-state index is 0.0234. The number of pyridine rings is 1. The zero-order valence-electron chi connectivity index (χ0n) is 10.6. The number of hydrogen-bond acceptors (Lipinski definition) is 3. The summed E-state index contributed by atoms with van der Waals surface area (Å²) in [6, 6.07) is 3.58. The van der Waals surface area contributed by atoms with Crippen molar-refractivity contribution < 1.29 is 4.79 Å². The Bertz CT molecular complexity index is 348. The van der Waals surface area contributed by atoms with Crippen LogP contribution in [-0.2, 0) is 6.54 Å². The largest absolute Gasteiger partial charge is 0.340 e. The van der Waals surface area contributed by atoms with Crippen LogP contribution in [0.5, 0.6) is 0 Å². The Morgan fingerprint density at radius 2 is 2.18 bits per heavy atom. The van der Waals surface area contributed by atoms with Gasteiger partial charge in [0, 0.05) is 26.3 Å². The first-order valence-corrected chi connectivity index (χ1v) is 6.09. The molecule has 4 nitrogen and oxygen atoms in total. The van der Waals surface area contributed by atoms with Gasteiger partial charge >= 0.3 is 0 Å². The van der Waals surface area contributed by atoms with Crippen molar-refractivity contribution in [1.29, 1.82) is 0 Å². The molecule has 0 spiro atoms. The lowest BCUT2D eigenvalue weighted by atomic mass is 10.2. The van der Waals surface area contributed by atoms with Gasteiger partial charge in [0.1, 0.15) is 5.69 Å². The van der Waals surface area contributed by atoms with E-state index in [4.69, 9.17) is 5.73 Å². The summed E-state index contributed by atoms with van der Waals surface area (Å²) in [4.78, 5) is 17.8. The highest BCUT2D eigenvalue weighted by Gasteiger charge is 2.12. The molecule has 4 heteroatoms. The Balaban J connectivity index is 2.55. The van der Waals surface area contributed by atoms with Crippen molar-refractivity contribution in [2.75, 3.05) is 13.6 Å². The topological polar surface area (TPSA) is 59.2 Å². The van der Waals surface area contributed by atoms with Crippen LogP contribution >= 0.6 is 0 Å². The third kappa shape index (κ3) is 4.15. The van der Waals surface area contributed by atoms with Crippen LogP contribution in [0.2, 0.25) is 0 Å². The van der Waals surface area contributed by atoms with E-state index in [1.54, 1.807) is 17.2 Å². The third-order valence-corrected chi connectivity index (χ3v) is 2.72. The second-order valence-corrected chi connectivity index (χ2v) is 4.19. The summed E-state index contributed by atoms with van der Waals surface area (Å²) in [5, 5.41) is 0. The van der Waals surface area contributed by atoms with Crippen molar-refractivity contribution in [3.8, 4) is 0 Å². The lowest BCUT2D eigenvalue weighted by molar-refractivity contribution is 0.0787. The monoisotopic (exact) mass is 235 g/mol. The average Bonchev–Trinajstić information content (AvgIpc) is 2.38. The van der Waals surface area contributed by atoms with Gasteiger partial charge in [-0.15, -0.1) is 0 Å². The predicted octanol–water partition coefficient (Wildman–Crippen LogP) is 1.80. The molecule has 0 bridgehead atoms. The Labute approximate surface area is 103 Å². The first kappa shape index (κ1) is 13.6. The van der Waals surface area contributed by atoms with Crippen molar-refractivity contribution >= 4 is 5.91 Å². The molecule has 0 aliphatic heterocycles. The molecule has 94 valence electrons. The van der Waals surface area contributed by atoms with Crippen molar-refractivity contribution in [2.45, 2.75) is 32.7 Å². The molecule has 1 aromatic rings. The van der Waals surface area contributed by atoms with Crippen LogP contribution in [0.25, 0.3) is 0 Å². The molecule has 2 N–H and O–H groups in total. The van der Waals surface area contributed by atoms with Gasteiger partial charge in [-0.1, -0.05) is 25.8 Å². The molecular weight excluding hydrogens is 214 g/mol. The van der Waals surface area contributed by atoms with Gasteiger partial charge in [-0.05, 0) is 18.1 Å². The van der Waals surface area contributed by atoms with Crippen LogP contribution in [0.4, 0.5) is 0 Å². The van der Waals surface area contributed by atoms with Crippen molar-refractivity contribution in [3.05, 3.63) is 29.6 Å². The highest BCUT2D eigenvalue weighted by molar-refractivity contribution is 5.92. The van der Waals surface area contributed by atoms with Crippen LogP contribution in [0.15, 0.2) is 18.3 Å². The van der Waals surface area contributed by atoms with Gasteiger partial charge in [0.2, 0.25) is 0 Å². The lowest BCUT2D eigenvalue weighted by Gasteiger charge is -2.16. The maximum atomic E-state index is 12.0. The van der Waals surface area contributed by atoms with Gasteiger partial charge in [-0.2, -0.15) is 0 Å². The molecule has 1 rings (SSSR count). The number of unbranched alkanes of at least 4 members (excludes halogenated alkanes) is 2. The number of nitrogens with two attached hydrogens (primary N) is 1. The molecule has 0 saturated heterocycles. The van der Waals surface area contributed by atoms with Crippen molar-refractivity contribution in [2.24, 2.45) is 5.73 Å². The van der Waals surface area contributed by atoms with E-state index in [-0.39, 0.29) is 5.91 Å². The van der Waals surface area contributed by atoms with Crippen LogP contribution in [0, 0.1) is 0 Å². The summed E-state index contributed by atoms with van der Waals surface area (Å²) in [5.41, 5.74) is 6.91. The van der Waals surface area contributed by atoms with Gasteiger partial charge in [0.15, 0.2) is 0 Å². The molecule has 0 radical (unpaired) electrons. The number of amides is 1. The highest BCUT2D eigenvalue weighted by Crippen LogP contribution is 2.04. The van der Waals surface area contributed by atoms with E-state index in [0.717, 1.165) is 31.4 Å². The normalized spacial score (nSPS) is 10.3. The second kappa shape index (κ2) is 7.01. The molecule has 0 aliphatic carbocycles. The molecule has 0 fully saturated rings. The molecule has 1 aromatic heterocycles. The van der Waals surface area contributed by atoms with E-state index in [1.807, 2.05) is 13.1 Å². The molecule has 0 aromatic carbocycles. The molecule has 1 heterocycles. The van der Waals surface area contributed by atoms with Gasteiger partial charge in [-0.3, -0.25) is 9.78 Å². The smallest absolute Gasteiger partial charge is 0.272 e. The number of hydrogen-bond donors (Lipinski definition) is 1. The van der Waals surface area contributed by atoms with Gasteiger partial charge in [-0.25, -0.2) is 0 Å². The number of rotatable bonds is 6. The Morgan fingerprint density at radius 1 is 1.41 bits per heavy atom. The summed E-state index contributed by atoms with van der Waals surface area (Å²) < 4.78 is 0.